The van der Waals surface area contributed by atoms with Crippen LogP contribution in [0.2, 0.25) is 0 Å². The Morgan fingerprint density at radius 3 is 1.37 bits per heavy atom. The highest BCUT2D eigenvalue weighted by Crippen LogP contribution is 2.49. The van der Waals surface area contributed by atoms with Crippen LogP contribution in [0.15, 0.2) is 55.0 Å². The third-order valence-corrected chi connectivity index (χ3v) is 18.2. The van der Waals surface area contributed by atoms with E-state index >= 15 is 0 Å². The minimum Gasteiger partial charge on any atom is -0.372 e. The largest absolute Gasteiger partial charge is 0.372 e. The Morgan fingerprint density at radius 2 is 1.01 bits per heavy atom. The number of anilines is 4. The maximum atomic E-state index is 14.3. The van der Waals surface area contributed by atoms with Crippen molar-refractivity contribution in [2.24, 2.45) is 43.3 Å². The number of Topliss-reactive ketones (excluding diaryl/α,β-unsaturated/α-hetero) is 2. The SMILES string of the molecule is CC(C)(C)CCN1C(=O)C(C2=NS(=O)(=O)c3cc(N(c4ccc5c(c4)S(=O)(=O)N=C(C4C(=O)C6C7CCC(O7)C6N(CCC(C)(C)C)C4=O)N5)S(C)(=O)=O)ccc3N2)C(=O)C2C3CCC(O3)C21. The number of fused-ring (bicyclic) bond motifs is 12. The van der Waals surface area contributed by atoms with E-state index in [4.69, 9.17) is 9.47 Å². The van der Waals surface area contributed by atoms with Crippen LogP contribution in [0.1, 0.15) is 80.1 Å². The molecule has 0 saturated carbocycles. The van der Waals surface area contributed by atoms with Gasteiger partial charge in [-0.15, -0.1) is 8.80 Å². The maximum Gasteiger partial charge on any atom is 0.286 e. The minimum absolute atomic E-state index is 0.0541. The van der Waals surface area contributed by atoms with Crippen molar-refractivity contribution in [2.45, 2.75) is 126 Å². The number of rotatable bonds is 9. The number of hydrogen-bond donors (Lipinski definition) is 2. The quantitative estimate of drug-likeness (QED) is 0.339. The van der Waals surface area contributed by atoms with Crippen LogP contribution in [0.3, 0.4) is 0 Å². The summed E-state index contributed by atoms with van der Waals surface area (Å²) in [5.41, 5.74) is -0.799. The Morgan fingerprint density at radius 1 is 0.642 bits per heavy atom. The average Bonchev–Trinajstić information content (AvgIpc) is 4.03. The summed E-state index contributed by atoms with van der Waals surface area (Å²) in [6.45, 7) is 12.9. The number of amides is 2. The number of carbonyl (C=O) groups is 4. The number of carbonyl (C=O) groups excluding carboxylic acids is 4. The van der Waals surface area contributed by atoms with E-state index in [1.54, 1.807) is 9.80 Å². The number of benzene rings is 2. The van der Waals surface area contributed by atoms with Gasteiger partial charge in [0.1, 0.15) is 21.5 Å². The number of nitrogens with one attached hydrogen (secondary N) is 2. The van der Waals surface area contributed by atoms with E-state index in [0.29, 0.717) is 51.6 Å². The van der Waals surface area contributed by atoms with Crippen molar-refractivity contribution in [2.75, 3.05) is 34.3 Å². The Labute approximate surface area is 390 Å². The van der Waals surface area contributed by atoms with Crippen LogP contribution in [0.4, 0.5) is 22.7 Å². The molecule has 0 spiro atoms. The van der Waals surface area contributed by atoms with E-state index in [2.05, 4.69) is 19.4 Å². The molecule has 4 bridgehead atoms. The van der Waals surface area contributed by atoms with Gasteiger partial charge in [-0.1, -0.05) is 41.5 Å². The predicted molar refractivity (Wildman–Crippen MR) is 245 cm³/mol. The third kappa shape index (κ3) is 7.68. The second-order valence-electron chi connectivity index (χ2n) is 21.5. The first-order valence-corrected chi connectivity index (χ1v) is 27.5. The molecule has 6 saturated heterocycles. The molecule has 2 amide bonds. The zero-order valence-corrected chi connectivity index (χ0v) is 40.7. The zero-order valence-electron chi connectivity index (χ0n) is 38.3. The fourth-order valence-electron chi connectivity index (χ4n) is 11.4. The molecule has 6 fully saturated rings. The molecular formula is C45H55N7O12S3. The van der Waals surface area contributed by atoms with Gasteiger partial charge in [0.2, 0.25) is 21.8 Å². The van der Waals surface area contributed by atoms with Crippen LogP contribution < -0.4 is 14.9 Å². The highest BCUT2D eigenvalue weighted by atomic mass is 32.2. The molecule has 8 aliphatic rings. The fourth-order valence-corrected chi connectivity index (χ4v) is 14.7. The topological polar surface area (TPSA) is 248 Å². The lowest BCUT2D eigenvalue weighted by molar-refractivity contribution is -0.152. The lowest BCUT2D eigenvalue weighted by Gasteiger charge is -2.44. The Balaban J connectivity index is 0.944. The van der Waals surface area contributed by atoms with Crippen molar-refractivity contribution < 1.29 is 53.9 Å². The van der Waals surface area contributed by atoms with Crippen molar-refractivity contribution in [3.8, 4) is 0 Å². The molecule has 10 unspecified atom stereocenters. The van der Waals surface area contributed by atoms with Gasteiger partial charge in [0.05, 0.1) is 77.3 Å². The lowest BCUT2D eigenvalue weighted by Crippen LogP contribution is -2.63. The van der Waals surface area contributed by atoms with Gasteiger partial charge < -0.3 is 29.9 Å². The number of nitrogens with zero attached hydrogens (tertiary/aromatic N) is 5. The van der Waals surface area contributed by atoms with Crippen molar-refractivity contribution in [3.63, 3.8) is 0 Å². The molecule has 22 heteroatoms. The summed E-state index contributed by atoms with van der Waals surface area (Å²) in [6, 6.07) is 6.37. The van der Waals surface area contributed by atoms with Crippen LogP contribution >= 0.6 is 0 Å². The monoisotopic (exact) mass is 981 g/mol. The van der Waals surface area contributed by atoms with Crippen molar-refractivity contribution >= 4 is 87.9 Å². The number of ether oxygens (including phenoxy) is 2. The molecule has 10 atom stereocenters. The molecule has 0 aliphatic carbocycles. The molecule has 2 aromatic rings. The summed E-state index contributed by atoms with van der Waals surface area (Å²) < 4.78 is 104. The van der Waals surface area contributed by atoms with Crippen LogP contribution in [0.5, 0.6) is 0 Å². The van der Waals surface area contributed by atoms with Gasteiger partial charge in [0.25, 0.3) is 20.0 Å². The van der Waals surface area contributed by atoms with E-state index in [9.17, 15) is 44.4 Å². The normalized spacial score (nSPS) is 32.5. The standard InChI is InChI=1S/C45H55N7O12S3/c1-44(2,3)16-18-50-36-28-14-12-26(63-28)32(36)38(53)34(42(50)55)40-46-24-10-8-22(20-30(24)66(59,60)48-40)52(65(7,57)58)23-9-11-25-31(21-23)67(61,62)49-41(47-25)35-39(54)33-27-13-15-29(64-27)37(33)51(43(35)56)19-17-45(4,5)6/h8-11,20-21,26-29,32-37H,12-19H2,1-7H3,(H,46,48)(H,47,49). The van der Waals surface area contributed by atoms with Gasteiger partial charge >= 0.3 is 0 Å². The van der Waals surface area contributed by atoms with E-state index in [1.165, 1.54) is 24.3 Å². The van der Waals surface area contributed by atoms with Crippen LogP contribution in [-0.4, -0.2) is 126 Å². The van der Waals surface area contributed by atoms with Gasteiger partial charge in [-0.25, -0.2) is 12.7 Å². The maximum absolute atomic E-state index is 14.3. The first-order valence-electron chi connectivity index (χ1n) is 22.7. The molecule has 8 heterocycles. The fraction of sp³-hybridized carbons (Fsp3) is 0.600. The van der Waals surface area contributed by atoms with Gasteiger partial charge in [0, 0.05) is 13.1 Å². The van der Waals surface area contributed by atoms with E-state index in [1.807, 2.05) is 41.5 Å². The van der Waals surface area contributed by atoms with E-state index in [-0.39, 0.29) is 57.5 Å². The van der Waals surface area contributed by atoms with Gasteiger partial charge in [0.15, 0.2) is 23.4 Å². The summed E-state index contributed by atoms with van der Waals surface area (Å²) in [6.07, 6.45) is 3.43. The molecule has 8 aliphatic heterocycles. The minimum atomic E-state index is -4.68. The van der Waals surface area contributed by atoms with Crippen LogP contribution in [-0.2, 0) is 58.7 Å². The number of piperidine rings is 2. The first-order chi connectivity index (χ1) is 31.2. The highest BCUT2D eigenvalue weighted by molar-refractivity contribution is 7.92. The van der Waals surface area contributed by atoms with Crippen molar-refractivity contribution in [1.29, 1.82) is 0 Å². The summed E-state index contributed by atoms with van der Waals surface area (Å²) >= 11 is 0. The predicted octanol–water partition coefficient (Wildman–Crippen LogP) is 3.83. The molecule has 2 aromatic carbocycles. The molecule has 0 aromatic heterocycles. The molecule has 360 valence electrons. The average molecular weight is 982 g/mol. The second-order valence-corrected chi connectivity index (χ2v) is 26.5. The number of hydrogen-bond acceptors (Lipinski definition) is 14. The van der Waals surface area contributed by atoms with E-state index < -0.39 is 111 Å². The Kier molecular flexibility index (Phi) is 10.5. The molecule has 2 N–H and O–H groups in total. The van der Waals surface area contributed by atoms with Crippen molar-refractivity contribution in [3.05, 3.63) is 36.4 Å². The highest BCUT2D eigenvalue weighted by Gasteiger charge is 2.63. The molecule has 0 radical (unpaired) electrons. The Bertz CT molecular complexity index is 2760. The second kappa shape index (κ2) is 15.4. The van der Waals surface area contributed by atoms with Crippen LogP contribution in [0.25, 0.3) is 0 Å². The third-order valence-electron chi connectivity index (χ3n) is 14.5. The molecule has 19 nitrogen and oxygen atoms in total. The van der Waals surface area contributed by atoms with Gasteiger partial charge in [-0.2, -0.15) is 16.8 Å². The number of ketones is 2. The summed E-state index contributed by atoms with van der Waals surface area (Å²) in [4.78, 5) is 59.3. The smallest absolute Gasteiger partial charge is 0.286 e. The molecule has 67 heavy (non-hydrogen) atoms. The van der Waals surface area contributed by atoms with E-state index in [0.717, 1.165) is 22.7 Å². The zero-order chi connectivity index (χ0) is 48.1. The Hall–Kier alpha value is -4.77. The molecular weight excluding hydrogens is 927 g/mol. The summed E-state index contributed by atoms with van der Waals surface area (Å²) in [7, 11) is -13.7. The van der Waals surface area contributed by atoms with Crippen molar-refractivity contribution in [1.82, 2.24) is 9.80 Å². The summed E-state index contributed by atoms with van der Waals surface area (Å²) in [5.74, 6) is -7.17. The lowest BCUT2D eigenvalue weighted by atomic mass is 9.73. The number of amidine groups is 2. The first kappa shape index (κ1) is 46.0. The molecule has 10 rings (SSSR count). The van der Waals surface area contributed by atoms with Gasteiger partial charge in [-0.05, 0) is 85.8 Å². The number of likely N-dealkylation sites (tertiary alicyclic amines) is 2. The van der Waals surface area contributed by atoms with Crippen LogP contribution in [0, 0.1) is 34.5 Å². The van der Waals surface area contributed by atoms with Gasteiger partial charge in [-0.3, -0.25) is 19.2 Å². The number of sulfonamides is 3. The summed E-state index contributed by atoms with van der Waals surface area (Å²) in [5, 5.41) is 5.81.